The van der Waals surface area contributed by atoms with Crippen LogP contribution in [0.15, 0.2) is 29.2 Å². The molecule has 1 aromatic carbocycles. The Labute approximate surface area is 173 Å². The molecule has 10 heteroatoms. The molecule has 154 valence electrons. The molecule has 8 nitrogen and oxygen atoms in total. The van der Waals surface area contributed by atoms with Crippen LogP contribution in [-0.4, -0.2) is 49.0 Å². The third kappa shape index (κ3) is 4.09. The third-order valence-corrected chi connectivity index (χ3v) is 7.74. The van der Waals surface area contributed by atoms with Gasteiger partial charge in [-0.05, 0) is 38.5 Å². The molecule has 0 atom stereocenters. The maximum Gasteiger partial charge on any atom is 0.263 e. The summed E-state index contributed by atoms with van der Waals surface area (Å²) < 4.78 is 26.4. The van der Waals surface area contributed by atoms with E-state index in [2.05, 4.69) is 15.5 Å². The molecule has 2 aromatic heterocycles. The Bertz CT molecular complexity index is 1170. The number of nitrogen functional groups attached to an aromatic ring is 1. The molecule has 3 N–H and O–H groups in total. The van der Waals surface area contributed by atoms with Crippen LogP contribution in [0.2, 0.25) is 0 Å². The fourth-order valence-electron chi connectivity index (χ4n) is 2.83. The minimum absolute atomic E-state index is 0.130. The van der Waals surface area contributed by atoms with Crippen LogP contribution >= 0.6 is 11.3 Å². The van der Waals surface area contributed by atoms with Crippen LogP contribution in [0, 0.1) is 20.8 Å². The number of anilines is 1. The van der Waals surface area contributed by atoms with Gasteiger partial charge in [0.15, 0.2) is 0 Å². The highest BCUT2D eigenvalue weighted by atomic mass is 32.2. The van der Waals surface area contributed by atoms with Crippen LogP contribution in [0.1, 0.15) is 26.5 Å². The molecule has 0 aliphatic rings. The minimum Gasteiger partial charge on any atom is -0.397 e. The summed E-state index contributed by atoms with van der Waals surface area (Å²) in [5, 5.41) is 11.7. The molecule has 0 bridgehead atoms. The summed E-state index contributed by atoms with van der Waals surface area (Å²) in [4.78, 5) is 13.8. The first-order valence-electron chi connectivity index (χ1n) is 8.96. The number of fused-ring (bicyclic) bond motifs is 1. The lowest BCUT2D eigenvalue weighted by atomic mass is 10.1. The fourth-order valence-corrected chi connectivity index (χ4v) is 5.02. The van der Waals surface area contributed by atoms with Crippen molar-refractivity contribution in [2.24, 2.45) is 0 Å². The number of aromatic nitrogens is 2. The monoisotopic (exact) mass is 433 g/mol. The normalized spacial score (nSPS) is 11.9. The summed E-state index contributed by atoms with van der Waals surface area (Å²) in [6, 6.07) is 6.64. The number of nitrogens with one attached hydrogen (secondary N) is 1. The Hall–Kier alpha value is -2.56. The van der Waals surface area contributed by atoms with E-state index in [1.54, 1.807) is 24.3 Å². The van der Waals surface area contributed by atoms with E-state index >= 15 is 0 Å². The summed E-state index contributed by atoms with van der Waals surface area (Å²) in [7, 11) is -2.13. The van der Waals surface area contributed by atoms with Crippen LogP contribution in [-0.2, 0) is 10.0 Å². The van der Waals surface area contributed by atoms with E-state index in [0.29, 0.717) is 15.4 Å². The van der Waals surface area contributed by atoms with Crippen LogP contribution in [0.5, 0.6) is 0 Å². The third-order valence-electron chi connectivity index (χ3n) is 4.78. The number of rotatable bonds is 6. The topological polar surface area (TPSA) is 118 Å². The van der Waals surface area contributed by atoms with E-state index in [1.165, 1.54) is 22.7 Å². The number of carbonyl (C=O) groups is 1. The van der Waals surface area contributed by atoms with Crippen LogP contribution in [0.4, 0.5) is 5.69 Å². The molecule has 0 saturated heterocycles. The SMILES string of the molecule is Cc1ccc(S(=O)(=O)N(C)CCNC(=O)c2sc3nnc(C)c(C)c3c2N)cc1. The first kappa shape index (κ1) is 21.2. The number of amides is 1. The largest absolute Gasteiger partial charge is 0.397 e. The van der Waals surface area contributed by atoms with Crippen molar-refractivity contribution >= 4 is 43.2 Å². The summed E-state index contributed by atoms with van der Waals surface area (Å²) in [5.41, 5.74) is 9.19. The maximum absolute atomic E-state index is 12.6. The summed E-state index contributed by atoms with van der Waals surface area (Å²) in [5.74, 6) is -0.358. The second kappa shape index (κ2) is 8.05. The van der Waals surface area contributed by atoms with Crippen molar-refractivity contribution in [3.05, 3.63) is 46.0 Å². The van der Waals surface area contributed by atoms with Crippen molar-refractivity contribution in [3.8, 4) is 0 Å². The Balaban J connectivity index is 1.68. The van der Waals surface area contributed by atoms with Crippen molar-refractivity contribution in [1.82, 2.24) is 19.8 Å². The zero-order valence-corrected chi connectivity index (χ0v) is 18.3. The van der Waals surface area contributed by atoms with E-state index in [9.17, 15) is 13.2 Å². The lowest BCUT2D eigenvalue weighted by molar-refractivity contribution is 0.0957. The zero-order valence-electron chi connectivity index (χ0n) is 16.7. The van der Waals surface area contributed by atoms with Gasteiger partial charge in [0.2, 0.25) is 10.0 Å². The highest BCUT2D eigenvalue weighted by Crippen LogP contribution is 2.34. The van der Waals surface area contributed by atoms with Gasteiger partial charge in [-0.15, -0.1) is 16.4 Å². The molecule has 1 amide bonds. The quantitative estimate of drug-likeness (QED) is 0.615. The molecule has 0 aliphatic carbocycles. The predicted octanol–water partition coefficient (Wildman–Crippen LogP) is 2.25. The standard InChI is InChI=1S/C19H23N5O3S2/c1-11-5-7-14(8-6-11)29(26,27)24(4)10-9-21-18(25)17-16(20)15-12(2)13(3)22-23-19(15)28-17/h5-8H,9-10,20H2,1-4H3,(H,21,25). The van der Waals surface area contributed by atoms with Gasteiger partial charge in [0.05, 0.1) is 16.3 Å². The molecule has 3 aromatic rings. The van der Waals surface area contributed by atoms with Crippen LogP contribution in [0.3, 0.4) is 0 Å². The molecule has 29 heavy (non-hydrogen) atoms. The van der Waals surface area contributed by atoms with Crippen molar-refractivity contribution in [2.75, 3.05) is 25.9 Å². The predicted molar refractivity (Wildman–Crippen MR) is 115 cm³/mol. The first-order valence-corrected chi connectivity index (χ1v) is 11.2. The molecule has 0 unspecified atom stereocenters. The Morgan fingerprint density at radius 3 is 2.48 bits per heavy atom. The van der Waals surface area contributed by atoms with Gasteiger partial charge in [0, 0.05) is 25.5 Å². The number of hydrogen-bond acceptors (Lipinski definition) is 7. The van der Waals surface area contributed by atoms with E-state index < -0.39 is 10.0 Å². The second-order valence-corrected chi connectivity index (χ2v) is 9.87. The van der Waals surface area contributed by atoms with Crippen LogP contribution in [0.25, 0.3) is 10.2 Å². The Morgan fingerprint density at radius 1 is 1.17 bits per heavy atom. The first-order chi connectivity index (χ1) is 13.6. The molecule has 0 radical (unpaired) electrons. The number of likely N-dealkylation sites (N-methyl/N-ethyl adjacent to an activating group) is 1. The van der Waals surface area contributed by atoms with Crippen molar-refractivity contribution in [3.63, 3.8) is 0 Å². The number of nitrogens with two attached hydrogens (primary N) is 1. The van der Waals surface area contributed by atoms with E-state index in [0.717, 1.165) is 22.2 Å². The lowest BCUT2D eigenvalue weighted by Gasteiger charge is -2.17. The summed E-state index contributed by atoms with van der Waals surface area (Å²) in [6.07, 6.45) is 0. The van der Waals surface area contributed by atoms with E-state index in [1.807, 2.05) is 20.8 Å². The summed E-state index contributed by atoms with van der Waals surface area (Å²) in [6.45, 7) is 5.90. The van der Waals surface area contributed by atoms with Gasteiger partial charge in [-0.1, -0.05) is 17.7 Å². The van der Waals surface area contributed by atoms with Gasteiger partial charge in [0.25, 0.3) is 5.91 Å². The maximum atomic E-state index is 12.6. The number of benzene rings is 1. The van der Waals surface area contributed by atoms with Crippen molar-refractivity contribution in [2.45, 2.75) is 25.7 Å². The number of nitrogens with zero attached hydrogens (tertiary/aromatic N) is 3. The highest BCUT2D eigenvalue weighted by Gasteiger charge is 2.22. The molecule has 3 rings (SSSR count). The van der Waals surface area contributed by atoms with Crippen LogP contribution < -0.4 is 11.1 Å². The smallest absolute Gasteiger partial charge is 0.263 e. The van der Waals surface area contributed by atoms with Crippen molar-refractivity contribution < 1.29 is 13.2 Å². The molecular formula is C19H23N5O3S2. The summed E-state index contributed by atoms with van der Waals surface area (Å²) >= 11 is 1.17. The lowest BCUT2D eigenvalue weighted by Crippen LogP contribution is -2.36. The van der Waals surface area contributed by atoms with Gasteiger partial charge in [0.1, 0.15) is 9.71 Å². The molecule has 0 spiro atoms. The Morgan fingerprint density at radius 2 is 1.83 bits per heavy atom. The molecule has 0 fully saturated rings. The van der Waals surface area contributed by atoms with Gasteiger partial charge >= 0.3 is 0 Å². The average molecular weight is 434 g/mol. The number of hydrogen-bond donors (Lipinski definition) is 2. The van der Waals surface area contributed by atoms with Gasteiger partial charge in [-0.3, -0.25) is 4.79 Å². The van der Waals surface area contributed by atoms with Crippen molar-refractivity contribution in [1.29, 1.82) is 0 Å². The molecule has 0 aliphatic heterocycles. The van der Waals surface area contributed by atoms with E-state index in [4.69, 9.17) is 5.73 Å². The minimum atomic E-state index is -3.62. The van der Waals surface area contributed by atoms with Gasteiger partial charge in [-0.25, -0.2) is 8.42 Å². The zero-order chi connectivity index (χ0) is 21.3. The number of carbonyl (C=O) groups excluding carboxylic acids is 1. The number of thiophene rings is 1. The second-order valence-electron chi connectivity index (χ2n) is 6.83. The number of sulfonamides is 1. The molecular weight excluding hydrogens is 410 g/mol. The van der Waals surface area contributed by atoms with Gasteiger partial charge < -0.3 is 11.1 Å². The molecule has 0 saturated carbocycles. The highest BCUT2D eigenvalue weighted by molar-refractivity contribution is 7.89. The fraction of sp³-hybridized carbons (Fsp3) is 0.316. The average Bonchev–Trinajstić information content (AvgIpc) is 3.02. The van der Waals surface area contributed by atoms with E-state index in [-0.39, 0.29) is 23.9 Å². The Kier molecular flexibility index (Phi) is 5.87. The number of aryl methyl sites for hydroxylation is 3. The molecule has 2 heterocycles. The van der Waals surface area contributed by atoms with Gasteiger partial charge in [-0.2, -0.15) is 9.40 Å².